The lowest BCUT2D eigenvalue weighted by Crippen LogP contribution is -2.58. The minimum Gasteiger partial charge on any atom is -0.382 e. The Morgan fingerprint density at radius 3 is 2.36 bits per heavy atom. The molecule has 4 rings (SSSR count). The zero-order valence-corrected chi connectivity index (χ0v) is 25.3. The summed E-state index contributed by atoms with van der Waals surface area (Å²) in [4.78, 5) is 31.8. The number of hydrogen-bond donors (Lipinski definition) is 3. The number of sulfonamides is 1. The first-order valence-electron chi connectivity index (χ1n) is 13.4. The average Bonchev–Trinajstić information content (AvgIpc) is 3.30. The highest BCUT2D eigenvalue weighted by Gasteiger charge is 2.50. The van der Waals surface area contributed by atoms with Crippen molar-refractivity contribution in [1.29, 1.82) is 0 Å². The number of nitrogens with one attached hydrogen (secondary N) is 2. The third-order valence-corrected chi connectivity index (χ3v) is 10.2. The van der Waals surface area contributed by atoms with E-state index in [-0.39, 0.29) is 35.3 Å². The van der Waals surface area contributed by atoms with Gasteiger partial charge in [-0.1, -0.05) is 78.9 Å². The van der Waals surface area contributed by atoms with Gasteiger partial charge < -0.3 is 15.3 Å². The summed E-state index contributed by atoms with van der Waals surface area (Å²) >= 11 is 1.41. The summed E-state index contributed by atoms with van der Waals surface area (Å²) in [6.45, 7) is 13.1. The largest absolute Gasteiger partial charge is 0.382 e. The molecule has 0 spiro atoms. The lowest BCUT2D eigenvalue weighted by Gasteiger charge is -2.33. The Bertz CT molecular complexity index is 1570. The molecule has 1 aliphatic heterocycles. The normalized spacial score (nSPS) is 17.7. The first kappa shape index (κ1) is 31.3. The molecule has 11 heteroatoms. The van der Waals surface area contributed by atoms with Crippen LogP contribution in [0.15, 0.2) is 83.8 Å². The highest BCUT2D eigenvalue weighted by atomic mass is 32.2. The fraction of sp³-hybridized carbons (Fsp3) is 0.323. The molecule has 3 aromatic rings. The van der Waals surface area contributed by atoms with Crippen molar-refractivity contribution in [3.8, 4) is 0 Å². The van der Waals surface area contributed by atoms with Crippen molar-refractivity contribution in [3.63, 3.8) is 0 Å². The first-order chi connectivity index (χ1) is 19.9. The maximum atomic E-state index is 13.8. The second-order valence-corrected chi connectivity index (χ2v) is 14.0. The van der Waals surface area contributed by atoms with E-state index >= 15 is 0 Å². The van der Waals surface area contributed by atoms with Crippen LogP contribution in [0.25, 0.3) is 4.85 Å². The minimum absolute atomic E-state index is 0.0294. The summed E-state index contributed by atoms with van der Waals surface area (Å²) in [7, 11) is -4.17. The van der Waals surface area contributed by atoms with Gasteiger partial charge in [-0.05, 0) is 43.9 Å². The lowest BCUT2D eigenvalue weighted by atomic mass is 9.97. The van der Waals surface area contributed by atoms with Gasteiger partial charge in [-0.3, -0.25) is 9.59 Å². The van der Waals surface area contributed by atoms with Crippen molar-refractivity contribution in [2.75, 3.05) is 5.88 Å². The van der Waals surface area contributed by atoms with Crippen LogP contribution in [-0.4, -0.2) is 59.1 Å². The molecule has 3 atom stereocenters. The van der Waals surface area contributed by atoms with E-state index in [1.807, 2.05) is 51.1 Å². The van der Waals surface area contributed by atoms with Gasteiger partial charge in [0.05, 0.1) is 23.4 Å². The van der Waals surface area contributed by atoms with Gasteiger partial charge in [0.25, 0.3) is 5.91 Å². The van der Waals surface area contributed by atoms with E-state index in [9.17, 15) is 23.1 Å². The Morgan fingerprint density at radius 2 is 1.71 bits per heavy atom. The van der Waals surface area contributed by atoms with E-state index in [2.05, 4.69) is 14.9 Å². The summed E-state index contributed by atoms with van der Waals surface area (Å²) in [5.41, 5.74) is 2.98. The highest BCUT2D eigenvalue weighted by Crippen LogP contribution is 2.40. The van der Waals surface area contributed by atoms with E-state index in [0.717, 1.165) is 11.1 Å². The molecule has 0 radical (unpaired) electrons. The standard InChI is InChI=1S/C31H34N4O5S2/c1-21-10-8-9-13-23(21)19-33-29(37)28-31(2,3)41-20-35(28)30(38)27(36)26(18-22-11-6-5-7-12-22)34-42(39,40)25-16-14-24(32-4)15-17-25/h5-17,26-28,34,36H,18-20H2,1-3H3,(H,33,37). The van der Waals surface area contributed by atoms with Crippen LogP contribution in [0.4, 0.5) is 5.69 Å². The molecular formula is C31H34N4O5S2. The second kappa shape index (κ2) is 13.1. The molecule has 0 bridgehead atoms. The predicted octanol–water partition coefficient (Wildman–Crippen LogP) is 3.79. The fourth-order valence-corrected chi connectivity index (χ4v) is 7.28. The molecule has 0 aromatic heterocycles. The molecular weight excluding hydrogens is 572 g/mol. The SMILES string of the molecule is [C-]#[N+]c1ccc(S(=O)(=O)NC(Cc2ccccc2)C(O)C(=O)N2CSC(C)(C)C2C(=O)NCc2ccccc2C)cc1. The third kappa shape index (κ3) is 7.20. The lowest BCUT2D eigenvalue weighted by molar-refractivity contribution is -0.147. The van der Waals surface area contributed by atoms with Crippen LogP contribution in [0.2, 0.25) is 0 Å². The Balaban J connectivity index is 1.58. The molecule has 3 N–H and O–H groups in total. The molecule has 1 aliphatic rings. The molecule has 9 nitrogen and oxygen atoms in total. The van der Waals surface area contributed by atoms with Crippen molar-refractivity contribution in [1.82, 2.24) is 14.9 Å². The summed E-state index contributed by atoms with van der Waals surface area (Å²) < 4.78 is 28.5. The van der Waals surface area contributed by atoms with Crippen LogP contribution in [0.3, 0.4) is 0 Å². The molecule has 1 fully saturated rings. The molecule has 0 saturated carbocycles. The molecule has 220 valence electrons. The Kier molecular flexibility index (Phi) is 9.74. The fourth-order valence-electron chi connectivity index (χ4n) is 4.90. The number of carbonyl (C=O) groups excluding carboxylic acids is 2. The van der Waals surface area contributed by atoms with Crippen LogP contribution in [0.5, 0.6) is 0 Å². The van der Waals surface area contributed by atoms with Crippen molar-refractivity contribution in [2.45, 2.75) is 61.6 Å². The van der Waals surface area contributed by atoms with E-state index < -0.39 is 38.9 Å². The number of benzene rings is 3. The van der Waals surface area contributed by atoms with Gasteiger partial charge in [0, 0.05) is 11.3 Å². The van der Waals surface area contributed by atoms with Crippen LogP contribution < -0.4 is 10.0 Å². The van der Waals surface area contributed by atoms with Crippen LogP contribution in [-0.2, 0) is 32.6 Å². The predicted molar refractivity (Wildman–Crippen MR) is 163 cm³/mol. The van der Waals surface area contributed by atoms with E-state index in [1.54, 1.807) is 24.3 Å². The first-order valence-corrected chi connectivity index (χ1v) is 15.9. The van der Waals surface area contributed by atoms with Gasteiger partial charge in [0.2, 0.25) is 15.9 Å². The van der Waals surface area contributed by atoms with Crippen molar-refractivity contribution < 1.29 is 23.1 Å². The molecule has 3 unspecified atom stereocenters. The molecule has 2 amide bonds. The van der Waals surface area contributed by atoms with Crippen molar-refractivity contribution in [2.24, 2.45) is 0 Å². The number of aryl methyl sites for hydroxylation is 1. The Hall–Kier alpha value is -3.69. The molecule has 1 saturated heterocycles. The van der Waals surface area contributed by atoms with E-state index in [0.29, 0.717) is 5.56 Å². The minimum atomic E-state index is -4.17. The second-order valence-electron chi connectivity index (χ2n) is 10.7. The maximum absolute atomic E-state index is 13.8. The van der Waals surface area contributed by atoms with Gasteiger partial charge in [-0.2, -0.15) is 0 Å². The van der Waals surface area contributed by atoms with E-state index in [4.69, 9.17) is 6.57 Å². The van der Waals surface area contributed by atoms with Gasteiger partial charge in [-0.25, -0.2) is 18.0 Å². The number of nitrogens with zero attached hydrogens (tertiary/aromatic N) is 2. The summed E-state index contributed by atoms with van der Waals surface area (Å²) in [5, 5.41) is 14.3. The zero-order chi connectivity index (χ0) is 30.5. The Labute approximate surface area is 251 Å². The van der Waals surface area contributed by atoms with Gasteiger partial charge >= 0.3 is 0 Å². The quantitative estimate of drug-likeness (QED) is 0.302. The molecule has 1 heterocycles. The van der Waals surface area contributed by atoms with Crippen LogP contribution in [0, 0.1) is 13.5 Å². The van der Waals surface area contributed by atoms with Gasteiger partial charge in [0.1, 0.15) is 12.1 Å². The number of aliphatic hydroxyl groups excluding tert-OH is 1. The smallest absolute Gasteiger partial charge is 0.254 e. The topological polar surface area (TPSA) is 120 Å². The summed E-state index contributed by atoms with van der Waals surface area (Å²) in [6.07, 6.45) is -1.74. The summed E-state index contributed by atoms with van der Waals surface area (Å²) in [6, 6.07) is 19.9. The maximum Gasteiger partial charge on any atom is 0.254 e. The number of thioether (sulfide) groups is 1. The third-order valence-electron chi connectivity index (χ3n) is 7.31. The average molecular weight is 607 g/mol. The number of amides is 2. The van der Waals surface area contributed by atoms with Gasteiger partial charge in [-0.15, -0.1) is 11.8 Å². The number of aliphatic hydroxyl groups is 1. The summed E-state index contributed by atoms with van der Waals surface area (Å²) in [5.74, 6) is -0.932. The number of carbonyl (C=O) groups is 2. The molecule has 42 heavy (non-hydrogen) atoms. The van der Waals surface area contributed by atoms with Gasteiger partial charge in [0.15, 0.2) is 5.69 Å². The van der Waals surface area contributed by atoms with Crippen LogP contribution in [0.1, 0.15) is 30.5 Å². The highest BCUT2D eigenvalue weighted by molar-refractivity contribution is 8.00. The van der Waals surface area contributed by atoms with Crippen molar-refractivity contribution in [3.05, 3.63) is 107 Å². The monoisotopic (exact) mass is 606 g/mol. The molecule has 0 aliphatic carbocycles. The zero-order valence-electron chi connectivity index (χ0n) is 23.7. The Morgan fingerprint density at radius 1 is 1.07 bits per heavy atom. The van der Waals surface area contributed by atoms with Crippen molar-refractivity contribution >= 4 is 39.3 Å². The van der Waals surface area contributed by atoms with E-state index in [1.165, 1.54) is 40.9 Å². The van der Waals surface area contributed by atoms with Crippen LogP contribution >= 0.6 is 11.8 Å². The number of hydrogen-bond acceptors (Lipinski definition) is 6. The number of rotatable bonds is 10. The molecule has 3 aromatic carbocycles.